The second-order valence-electron chi connectivity index (χ2n) is 4.33. The molecule has 0 radical (unpaired) electrons. The van der Waals surface area contributed by atoms with E-state index in [1.165, 1.54) is 21.0 Å². The van der Waals surface area contributed by atoms with Gasteiger partial charge >= 0.3 is 6.16 Å². The summed E-state index contributed by atoms with van der Waals surface area (Å²) in [6, 6.07) is 6.47. The van der Waals surface area contributed by atoms with Gasteiger partial charge in [-0.05, 0) is 19.4 Å². The molecule has 1 N–H and O–H groups in total. The van der Waals surface area contributed by atoms with Crippen LogP contribution >= 0.6 is 0 Å². The van der Waals surface area contributed by atoms with Gasteiger partial charge in [-0.3, -0.25) is 4.79 Å². The van der Waals surface area contributed by atoms with Gasteiger partial charge in [-0.25, -0.2) is 4.79 Å². The standard InChI is InChI=1S/C13H16O5/c1-13(2,16)11(14)10-6-4-9(5-7-10)8-18-12(15)17-3/h4-7,16H,8H2,1-3H3. The molecular formula is C13H16O5. The van der Waals surface area contributed by atoms with Crippen LogP contribution < -0.4 is 0 Å². The summed E-state index contributed by atoms with van der Waals surface area (Å²) in [6.07, 6.45) is -0.758. The predicted molar refractivity (Wildman–Crippen MR) is 64.3 cm³/mol. The van der Waals surface area contributed by atoms with Crippen molar-refractivity contribution in [1.82, 2.24) is 0 Å². The normalized spacial score (nSPS) is 10.9. The highest BCUT2D eigenvalue weighted by Crippen LogP contribution is 2.14. The third-order valence-corrected chi connectivity index (χ3v) is 2.30. The first-order valence-corrected chi connectivity index (χ1v) is 5.41. The minimum atomic E-state index is -1.40. The van der Waals surface area contributed by atoms with Gasteiger partial charge in [0.25, 0.3) is 0 Å². The molecule has 0 fully saturated rings. The Morgan fingerprint density at radius 1 is 1.22 bits per heavy atom. The molecule has 0 saturated heterocycles. The van der Waals surface area contributed by atoms with Crippen LogP contribution in [0, 0.1) is 0 Å². The lowest BCUT2D eigenvalue weighted by Gasteiger charge is -2.15. The van der Waals surface area contributed by atoms with Crippen molar-refractivity contribution in [3.63, 3.8) is 0 Å². The average Bonchev–Trinajstić information content (AvgIpc) is 2.34. The molecule has 0 atom stereocenters. The van der Waals surface area contributed by atoms with Crippen molar-refractivity contribution in [2.75, 3.05) is 7.11 Å². The number of hydrogen-bond donors (Lipinski definition) is 1. The van der Waals surface area contributed by atoms with Crippen LogP contribution in [-0.2, 0) is 16.1 Å². The monoisotopic (exact) mass is 252 g/mol. The predicted octanol–water partition coefficient (Wildman–Crippen LogP) is 1.92. The Hall–Kier alpha value is -1.88. The third kappa shape index (κ3) is 3.85. The van der Waals surface area contributed by atoms with Crippen molar-refractivity contribution in [2.45, 2.75) is 26.1 Å². The number of ether oxygens (including phenoxy) is 2. The van der Waals surface area contributed by atoms with Crippen molar-refractivity contribution in [1.29, 1.82) is 0 Å². The summed E-state index contributed by atoms with van der Waals surface area (Å²) in [7, 11) is 1.23. The van der Waals surface area contributed by atoms with Gasteiger partial charge in [-0.15, -0.1) is 0 Å². The van der Waals surface area contributed by atoms with E-state index in [-0.39, 0.29) is 12.4 Å². The highest BCUT2D eigenvalue weighted by atomic mass is 16.7. The molecule has 5 nitrogen and oxygen atoms in total. The van der Waals surface area contributed by atoms with Gasteiger partial charge in [0.05, 0.1) is 7.11 Å². The van der Waals surface area contributed by atoms with E-state index in [9.17, 15) is 14.7 Å². The van der Waals surface area contributed by atoms with E-state index in [1.807, 2.05) is 0 Å². The third-order valence-electron chi connectivity index (χ3n) is 2.30. The largest absolute Gasteiger partial charge is 0.508 e. The summed E-state index contributed by atoms with van der Waals surface area (Å²) >= 11 is 0. The summed E-state index contributed by atoms with van der Waals surface area (Å²) in [4.78, 5) is 22.5. The molecule has 0 heterocycles. The van der Waals surface area contributed by atoms with Crippen LogP contribution in [0.4, 0.5) is 4.79 Å². The summed E-state index contributed by atoms with van der Waals surface area (Å²) in [5.41, 5.74) is -0.263. The van der Waals surface area contributed by atoms with Gasteiger partial charge in [0, 0.05) is 5.56 Å². The zero-order chi connectivity index (χ0) is 13.8. The van der Waals surface area contributed by atoms with E-state index in [0.29, 0.717) is 5.56 Å². The molecule has 0 spiro atoms. The van der Waals surface area contributed by atoms with E-state index in [0.717, 1.165) is 5.56 Å². The van der Waals surface area contributed by atoms with Crippen molar-refractivity contribution in [3.05, 3.63) is 35.4 Å². The maximum absolute atomic E-state index is 11.7. The number of carbonyl (C=O) groups is 2. The van der Waals surface area contributed by atoms with Gasteiger partial charge < -0.3 is 14.6 Å². The van der Waals surface area contributed by atoms with E-state index < -0.39 is 11.8 Å². The molecule has 1 rings (SSSR count). The molecule has 1 aromatic rings. The number of methoxy groups -OCH3 is 1. The molecule has 0 aliphatic carbocycles. The smallest absolute Gasteiger partial charge is 0.438 e. The van der Waals surface area contributed by atoms with E-state index >= 15 is 0 Å². The minimum absolute atomic E-state index is 0.0731. The highest BCUT2D eigenvalue weighted by Gasteiger charge is 2.24. The van der Waals surface area contributed by atoms with Crippen LogP contribution in [0.3, 0.4) is 0 Å². The Morgan fingerprint density at radius 3 is 2.22 bits per heavy atom. The first-order valence-electron chi connectivity index (χ1n) is 5.41. The zero-order valence-electron chi connectivity index (χ0n) is 10.6. The van der Waals surface area contributed by atoms with Crippen molar-refractivity contribution < 1.29 is 24.2 Å². The van der Waals surface area contributed by atoms with E-state index in [1.54, 1.807) is 24.3 Å². The fourth-order valence-corrected chi connectivity index (χ4v) is 1.31. The lowest BCUT2D eigenvalue weighted by Crippen LogP contribution is -2.31. The number of ketones is 1. The lowest BCUT2D eigenvalue weighted by atomic mass is 9.96. The van der Waals surface area contributed by atoms with Crippen molar-refractivity contribution in [3.8, 4) is 0 Å². The molecule has 0 aliphatic heterocycles. The van der Waals surface area contributed by atoms with Gasteiger partial charge in [-0.1, -0.05) is 24.3 Å². The molecular weight excluding hydrogens is 236 g/mol. The fraction of sp³-hybridized carbons (Fsp3) is 0.385. The van der Waals surface area contributed by atoms with Crippen LogP contribution in [-0.4, -0.2) is 29.8 Å². The quantitative estimate of drug-likeness (QED) is 0.654. The highest BCUT2D eigenvalue weighted by molar-refractivity contribution is 6.01. The Balaban J connectivity index is 2.69. The Morgan fingerprint density at radius 2 is 1.78 bits per heavy atom. The van der Waals surface area contributed by atoms with Crippen molar-refractivity contribution in [2.24, 2.45) is 0 Å². The fourth-order valence-electron chi connectivity index (χ4n) is 1.31. The zero-order valence-corrected chi connectivity index (χ0v) is 10.6. The van der Waals surface area contributed by atoms with Crippen LogP contribution in [0.15, 0.2) is 24.3 Å². The number of Topliss-reactive ketones (excluding diaryl/α,β-unsaturated/α-hetero) is 1. The maximum Gasteiger partial charge on any atom is 0.508 e. The number of benzene rings is 1. The second-order valence-corrected chi connectivity index (χ2v) is 4.33. The van der Waals surface area contributed by atoms with Crippen LogP contribution in [0.25, 0.3) is 0 Å². The van der Waals surface area contributed by atoms with Gasteiger partial charge in [0.1, 0.15) is 12.2 Å². The molecule has 98 valence electrons. The summed E-state index contributed by atoms with van der Waals surface area (Å²) < 4.78 is 9.08. The Bertz CT molecular complexity index is 428. The molecule has 0 saturated carbocycles. The van der Waals surface area contributed by atoms with Gasteiger partial charge in [0.2, 0.25) is 0 Å². The Kier molecular flexibility index (Phi) is 4.44. The van der Waals surface area contributed by atoms with Crippen LogP contribution in [0.2, 0.25) is 0 Å². The first kappa shape index (κ1) is 14.2. The maximum atomic E-state index is 11.7. The molecule has 0 aromatic heterocycles. The topological polar surface area (TPSA) is 72.8 Å². The molecule has 0 unspecified atom stereocenters. The molecule has 1 aromatic carbocycles. The molecule has 0 amide bonds. The van der Waals surface area contributed by atoms with Crippen LogP contribution in [0.1, 0.15) is 29.8 Å². The summed E-state index contributed by atoms with van der Waals surface area (Å²) in [5.74, 6) is -0.358. The summed E-state index contributed by atoms with van der Waals surface area (Å²) in [5, 5.41) is 9.58. The van der Waals surface area contributed by atoms with Gasteiger partial charge in [-0.2, -0.15) is 0 Å². The van der Waals surface area contributed by atoms with E-state index in [4.69, 9.17) is 4.74 Å². The molecule has 18 heavy (non-hydrogen) atoms. The molecule has 0 bridgehead atoms. The number of carbonyl (C=O) groups excluding carboxylic acids is 2. The molecule has 0 aliphatic rings. The number of aliphatic hydroxyl groups is 1. The summed E-state index contributed by atoms with van der Waals surface area (Å²) in [6.45, 7) is 2.94. The van der Waals surface area contributed by atoms with Crippen molar-refractivity contribution >= 4 is 11.9 Å². The SMILES string of the molecule is COC(=O)OCc1ccc(C(=O)C(C)(C)O)cc1. The minimum Gasteiger partial charge on any atom is -0.438 e. The lowest BCUT2D eigenvalue weighted by molar-refractivity contribution is 0.0487. The van der Waals surface area contributed by atoms with Crippen LogP contribution in [0.5, 0.6) is 0 Å². The van der Waals surface area contributed by atoms with Gasteiger partial charge in [0.15, 0.2) is 5.78 Å². The second kappa shape index (κ2) is 5.64. The number of rotatable bonds is 4. The molecule has 5 heteroatoms. The Labute approximate surface area is 105 Å². The first-order chi connectivity index (χ1) is 8.34. The average molecular weight is 252 g/mol. The van der Waals surface area contributed by atoms with E-state index in [2.05, 4.69) is 4.74 Å². The number of hydrogen-bond acceptors (Lipinski definition) is 5.